The first kappa shape index (κ1) is 22.2. The molecule has 2 aliphatic carbocycles. The summed E-state index contributed by atoms with van der Waals surface area (Å²) < 4.78 is 9.06. The Morgan fingerprint density at radius 3 is 2.73 bits per heavy atom. The van der Waals surface area contributed by atoms with Gasteiger partial charge in [0.1, 0.15) is 18.0 Å². The Kier molecular flexibility index (Phi) is 6.39. The second kappa shape index (κ2) is 9.48. The Morgan fingerprint density at radius 1 is 0.818 bits per heavy atom. The maximum absolute atomic E-state index is 6.42. The van der Waals surface area contributed by atoms with Crippen LogP contribution in [0.4, 0.5) is 0 Å². The summed E-state index contributed by atoms with van der Waals surface area (Å²) in [6.45, 7) is 5.61. The highest BCUT2D eigenvalue weighted by Gasteiger charge is 2.47. The van der Waals surface area contributed by atoms with Gasteiger partial charge in [0.25, 0.3) is 0 Å². The van der Waals surface area contributed by atoms with E-state index in [4.69, 9.17) is 4.74 Å². The van der Waals surface area contributed by atoms with E-state index in [1.54, 1.807) is 0 Å². The second-order valence-corrected chi connectivity index (χ2v) is 12.9. The van der Waals surface area contributed by atoms with Crippen molar-refractivity contribution in [3.63, 3.8) is 0 Å². The van der Waals surface area contributed by atoms with E-state index in [1.165, 1.54) is 71.0 Å². The molecule has 8 fully saturated rings. The lowest BCUT2D eigenvalue weighted by molar-refractivity contribution is -0.0292. The molecule has 8 bridgehead atoms. The van der Waals surface area contributed by atoms with Crippen LogP contribution in [0.15, 0.2) is 0 Å². The predicted octanol–water partition coefficient (Wildman–Crippen LogP) is 1.19. The zero-order valence-corrected chi connectivity index (χ0v) is 20.7. The van der Waals surface area contributed by atoms with Gasteiger partial charge in [-0.3, -0.25) is 20.9 Å². The van der Waals surface area contributed by atoms with E-state index in [0.29, 0.717) is 12.1 Å². The van der Waals surface area contributed by atoms with Gasteiger partial charge in [-0.15, -0.1) is 0 Å². The first-order valence-corrected chi connectivity index (χ1v) is 14.7. The maximum Gasteiger partial charge on any atom is 0.135 e. The normalized spacial score (nSPS) is 54.5. The number of nitrogens with zero attached hydrogens (tertiary/aromatic N) is 2. The molecular weight excluding hydrogens is 434 g/mol. The molecule has 6 aliphatic heterocycles. The molecule has 0 aromatic rings. The lowest BCUT2D eigenvalue weighted by Crippen LogP contribution is -2.59. The van der Waals surface area contributed by atoms with Gasteiger partial charge in [0.05, 0.1) is 0 Å². The zero-order chi connectivity index (χ0) is 21.8. The van der Waals surface area contributed by atoms with Gasteiger partial charge < -0.3 is 4.74 Å². The van der Waals surface area contributed by atoms with E-state index < -0.39 is 0 Å². The molecular formula is C24H43N7OS. The highest BCUT2D eigenvalue weighted by atomic mass is 32.2. The van der Waals surface area contributed by atoms with Crippen molar-refractivity contribution in [3.05, 3.63) is 0 Å². The van der Waals surface area contributed by atoms with Crippen LogP contribution in [-0.4, -0.2) is 78.1 Å². The minimum atomic E-state index is 0.151. The molecule has 8 rings (SSSR count). The van der Waals surface area contributed by atoms with Crippen molar-refractivity contribution in [1.82, 2.24) is 36.0 Å². The minimum absolute atomic E-state index is 0.151. The summed E-state index contributed by atoms with van der Waals surface area (Å²) in [6.07, 6.45) is 12.5. The number of hydrogen-bond donors (Lipinski definition) is 5. The number of rotatable bonds is 0. The number of piperazine rings is 1. The van der Waals surface area contributed by atoms with Crippen LogP contribution in [0.3, 0.4) is 0 Å². The van der Waals surface area contributed by atoms with E-state index in [-0.39, 0.29) is 18.0 Å². The van der Waals surface area contributed by atoms with Crippen LogP contribution in [-0.2, 0) is 4.74 Å². The van der Waals surface area contributed by atoms with Crippen LogP contribution in [0.5, 0.6) is 0 Å². The number of piperidine rings is 1. The molecule has 0 spiro atoms. The molecule has 186 valence electrons. The quantitative estimate of drug-likeness (QED) is 0.331. The molecule has 9 heteroatoms. The van der Waals surface area contributed by atoms with E-state index in [1.807, 2.05) is 11.9 Å². The third-order valence-corrected chi connectivity index (χ3v) is 11.2. The lowest BCUT2D eigenvalue weighted by Gasteiger charge is -2.47. The highest BCUT2D eigenvalue weighted by Crippen LogP contribution is 2.48. The topological polar surface area (TPSA) is 75.9 Å². The SMILES string of the molecule is C1CC2CCC3C4CCNC(C4)OCCCN4C[C@@H]5C[C@H]4CN5SC4NNC(N4)NC3C2C1. The van der Waals surface area contributed by atoms with E-state index in [2.05, 4.69) is 36.0 Å². The van der Waals surface area contributed by atoms with Crippen LogP contribution < -0.4 is 26.8 Å². The summed E-state index contributed by atoms with van der Waals surface area (Å²) in [4.78, 5) is 2.72. The van der Waals surface area contributed by atoms with Gasteiger partial charge in [0.2, 0.25) is 0 Å². The molecule has 8 nitrogen and oxygen atoms in total. The minimum Gasteiger partial charge on any atom is -0.363 e. The van der Waals surface area contributed by atoms with Gasteiger partial charge in [-0.05, 0) is 87.1 Å². The van der Waals surface area contributed by atoms with Crippen molar-refractivity contribution in [1.29, 1.82) is 0 Å². The third kappa shape index (κ3) is 4.40. The number of fused-ring (bicyclic) bond motifs is 4. The molecule has 0 aromatic heterocycles. The van der Waals surface area contributed by atoms with Gasteiger partial charge in [-0.25, -0.2) is 15.2 Å². The molecule has 12 atom stereocenters. The summed E-state index contributed by atoms with van der Waals surface area (Å²) in [5.41, 5.74) is 7.35. The first-order valence-electron chi connectivity index (χ1n) is 13.9. The van der Waals surface area contributed by atoms with Crippen LogP contribution in [0.2, 0.25) is 0 Å². The molecule has 10 unspecified atom stereocenters. The Morgan fingerprint density at radius 2 is 1.79 bits per heavy atom. The van der Waals surface area contributed by atoms with Crippen molar-refractivity contribution in [2.45, 2.75) is 93.9 Å². The standard InChI is InChI=1S/C24H43N7OS/c1-3-15-5-6-20-16-7-8-25-21(11-16)32-10-2-9-30-13-18-12-17(30)14-31(18)33-24-27-23(28-29-24)26-22(20)19(15)4-1/h15-29H,1-14H2/t15?,16?,17-,18-,19?,20?,21?,22?,23?,24?/m0/s1. The van der Waals surface area contributed by atoms with Crippen LogP contribution in [0, 0.1) is 23.7 Å². The van der Waals surface area contributed by atoms with Crippen molar-refractivity contribution in [2.75, 3.05) is 32.8 Å². The van der Waals surface area contributed by atoms with E-state index >= 15 is 0 Å². The van der Waals surface area contributed by atoms with Crippen molar-refractivity contribution in [2.24, 2.45) is 23.7 Å². The predicted molar refractivity (Wildman–Crippen MR) is 131 cm³/mol. The molecule has 33 heavy (non-hydrogen) atoms. The van der Waals surface area contributed by atoms with Gasteiger partial charge in [0.15, 0.2) is 0 Å². The molecule has 8 aliphatic rings. The maximum atomic E-state index is 6.42. The van der Waals surface area contributed by atoms with Crippen LogP contribution >= 0.6 is 11.9 Å². The molecule has 0 amide bonds. The molecule has 6 heterocycles. The van der Waals surface area contributed by atoms with Crippen LogP contribution in [0.1, 0.15) is 57.8 Å². The molecule has 2 saturated carbocycles. The average molecular weight is 478 g/mol. The lowest BCUT2D eigenvalue weighted by atomic mass is 9.65. The first-order chi connectivity index (χ1) is 16.3. The van der Waals surface area contributed by atoms with Gasteiger partial charge in [-0.2, -0.15) is 0 Å². The van der Waals surface area contributed by atoms with E-state index in [0.717, 1.165) is 49.3 Å². The van der Waals surface area contributed by atoms with Gasteiger partial charge >= 0.3 is 0 Å². The zero-order valence-electron chi connectivity index (χ0n) is 19.9. The van der Waals surface area contributed by atoms with Crippen molar-refractivity contribution >= 4 is 11.9 Å². The van der Waals surface area contributed by atoms with E-state index in [9.17, 15) is 0 Å². The van der Waals surface area contributed by atoms with Gasteiger partial charge in [0, 0.05) is 44.4 Å². The third-order valence-electron chi connectivity index (χ3n) is 10.0. The van der Waals surface area contributed by atoms with Crippen LogP contribution in [0.25, 0.3) is 0 Å². The monoisotopic (exact) mass is 477 g/mol. The fourth-order valence-corrected chi connectivity index (χ4v) is 9.65. The number of hydrogen-bond acceptors (Lipinski definition) is 9. The summed E-state index contributed by atoms with van der Waals surface area (Å²) in [5, 5.41) is 11.6. The Hall–Kier alpha value is 0.0300. The summed E-state index contributed by atoms with van der Waals surface area (Å²) >= 11 is 1.97. The summed E-state index contributed by atoms with van der Waals surface area (Å²) in [7, 11) is 0. The average Bonchev–Trinajstić information content (AvgIpc) is 3.61. The molecule has 6 saturated heterocycles. The number of hydrazine groups is 1. The highest BCUT2D eigenvalue weighted by molar-refractivity contribution is 7.97. The summed E-state index contributed by atoms with van der Waals surface area (Å²) in [6, 6.07) is 2.03. The Labute approximate surface area is 203 Å². The van der Waals surface area contributed by atoms with Crippen molar-refractivity contribution in [3.8, 4) is 0 Å². The smallest absolute Gasteiger partial charge is 0.135 e. The summed E-state index contributed by atoms with van der Waals surface area (Å²) in [5.74, 6) is 3.32. The number of ether oxygens (including phenoxy) is 1. The second-order valence-electron chi connectivity index (χ2n) is 11.8. The Balaban J connectivity index is 1.10. The fraction of sp³-hybridized carbons (Fsp3) is 1.00. The molecule has 0 aromatic carbocycles. The van der Waals surface area contributed by atoms with Crippen molar-refractivity contribution < 1.29 is 4.74 Å². The van der Waals surface area contributed by atoms with Gasteiger partial charge in [-0.1, -0.05) is 12.8 Å². The molecule has 0 radical (unpaired) electrons. The largest absolute Gasteiger partial charge is 0.363 e. The number of nitrogens with one attached hydrogen (secondary N) is 5. The fourth-order valence-electron chi connectivity index (χ4n) is 8.48. The molecule has 5 N–H and O–H groups in total. The Bertz CT molecular complexity index is 702.